The number of hydrogen-bond donors (Lipinski definition) is 11. The lowest BCUT2D eigenvalue weighted by molar-refractivity contribution is -0.156. The molecule has 15 N–H and O–H groups in total. The summed E-state index contributed by atoms with van der Waals surface area (Å²) in [5, 5.41) is 58.6. The van der Waals surface area contributed by atoms with Gasteiger partial charge in [-0.15, -0.1) is 12.4 Å². The Morgan fingerprint density at radius 2 is 0.812 bits per heavy atom. The van der Waals surface area contributed by atoms with Crippen LogP contribution in [0.25, 0.3) is 99.2 Å². The summed E-state index contributed by atoms with van der Waals surface area (Å²) in [5.74, 6) is -7.83. The van der Waals surface area contributed by atoms with E-state index in [-0.39, 0.29) is 97.7 Å². The van der Waals surface area contributed by atoms with Gasteiger partial charge in [0.05, 0.1) is 46.0 Å². The summed E-state index contributed by atoms with van der Waals surface area (Å²) < 4.78 is 89.0. The maximum absolute atomic E-state index is 15.5. The smallest absolute Gasteiger partial charge is 0.480 e. The summed E-state index contributed by atoms with van der Waals surface area (Å²) in [6.45, 7) is 9.59. The van der Waals surface area contributed by atoms with Crippen molar-refractivity contribution in [3.63, 3.8) is 0 Å². The van der Waals surface area contributed by atoms with Gasteiger partial charge in [-0.25, -0.2) is 62.7 Å². The normalized spacial score (nSPS) is 13.8. The van der Waals surface area contributed by atoms with Gasteiger partial charge in [-0.3, -0.25) is 66.7 Å². The topological polar surface area (TPSA) is 588 Å². The first-order chi connectivity index (χ1) is 71.0. The molecule has 0 unspecified atom stereocenters. The number of hydrogen-bond acceptors (Lipinski definition) is 28. The highest BCUT2D eigenvalue weighted by Crippen LogP contribution is 2.38. The maximum Gasteiger partial charge on any atom is 0.491 e. The molecule has 0 spiro atoms. The SMILES string of the molecule is CC(C)(C)OC(=O)Cn1nc(C(N)=O)c2cc(-c3cncnc3)ccc21.CC(C)(C)OC(=O)Cn1nc(C(N)=O)c2cc(Br)ccc21.Cl.NC(=O)c1nn(CC(=O)N2C[C@H](F)C[C@H]2C(=O)Nc2cccc(-c3ccccc3Cl)c2F)c2ccc(-c3cncnc3)cc12.NC(=O)c1nn(CC(=O)O)c2ccc(-c3cncnc3)cc12.O=C(Nc1cccc(-c2ccccc2Cl)c1F)[C@@H]1C[C@@H](F)CN1.OB(O)c1cncnc1.OF.[2H]C. The summed E-state index contributed by atoms with van der Waals surface area (Å²) in [5.41, 5.74) is 29.2. The average molecular weight is 2170 g/mol. The zero-order valence-corrected chi connectivity index (χ0v) is 83.9. The van der Waals surface area contributed by atoms with Crippen molar-refractivity contribution >= 4 is 178 Å². The van der Waals surface area contributed by atoms with E-state index in [9.17, 15) is 61.1 Å². The van der Waals surface area contributed by atoms with Gasteiger partial charge in [0.15, 0.2) is 34.4 Å². The fraction of sp³-hybridized carbons (Fsp3) is 0.212. The van der Waals surface area contributed by atoms with Crippen molar-refractivity contribution < 1.29 is 101 Å². The Balaban J connectivity index is 0.000000191. The van der Waals surface area contributed by atoms with Gasteiger partial charge in [-0.1, -0.05) is 130 Å². The number of rotatable bonds is 22. The lowest BCUT2D eigenvalue weighted by Gasteiger charge is -2.24. The molecule has 2 fully saturated rings. The molecule has 0 aliphatic carbocycles. The number of anilines is 2. The number of nitrogens with zero attached hydrogens (tertiary/aromatic N) is 17. The number of carboxylic acids is 1. The van der Waals surface area contributed by atoms with Crippen LogP contribution in [-0.4, -0.2) is 219 Å². The largest absolute Gasteiger partial charge is 0.491 e. The van der Waals surface area contributed by atoms with Crippen LogP contribution in [-0.2, 0) is 64.4 Å². The van der Waals surface area contributed by atoms with E-state index in [1.165, 1.54) is 82.0 Å². The van der Waals surface area contributed by atoms with E-state index < -0.39 is 120 Å². The van der Waals surface area contributed by atoms with Crippen LogP contribution < -0.4 is 44.3 Å². The number of carbonyl (C=O) groups excluding carboxylic acids is 9. The molecule has 2 aliphatic rings. The molecule has 18 rings (SSSR count). The zero-order valence-electron chi connectivity index (χ0n) is 81.0. The van der Waals surface area contributed by atoms with Crippen LogP contribution >= 0.6 is 51.5 Å². The van der Waals surface area contributed by atoms with E-state index in [1.807, 2.05) is 6.07 Å². The van der Waals surface area contributed by atoms with Gasteiger partial charge in [-0.2, -0.15) is 20.4 Å². The molecule has 149 heavy (non-hydrogen) atoms. The van der Waals surface area contributed by atoms with E-state index in [0.717, 1.165) is 31.6 Å². The molecule has 16 aromatic rings. The van der Waals surface area contributed by atoms with Crippen LogP contribution in [0, 0.1) is 11.6 Å². The standard InChI is InChI=1S/C31H24ClF2N7O3.C18H19N5O3.C17H15ClF2N2O.C14H16BrN3O3.C14H11N5O3.C4H5BN2O2.CH4.ClH.FHO/c32-23-6-2-1-4-20(23)21-5-3-7-24(28(21)34)38-31(44)26-11-19(33)14-40(26)27(42)15-41-25-9-8-17(18-12-36-16-37-13-18)10-22(25)29(39-41)30(35)43;1-18(2,3)26-15(24)9-23-14-5-4-11(12-7-20-10-21-8-12)6-13(14)16(22-23)17(19)25;18-13-6-2-1-4-11(13)12-5-3-7-14(16(12)20)22-17(23)15-8-10(19)9-21-15;1-14(2,3)21-11(19)7-18-10-5-4-8(15)6-9(10)12(17-18)13(16)20;15-14(22)13-10-3-8(9-4-16-7-17-5-9)1-2-11(10)19(18-13)6-12(20)21;8-5(9)4-1-6-3-7-2-4;;;1-2/h1-10,12-13,16,19,26H,11,14-15H2,(H2,35,43)(H,38,44);4-8,10H,9H2,1-3H3,(H2,19,25);1-7,10,15,21H,8-9H2,(H,22,23);4-6H,7H2,1-3H3,(H2,16,20);1-5,7H,6H2,(H2,15,22)(H,20,21);1-3,8-9H;1H4;1H;2H/t19-,26+;;10-,15+;;;;;;/m1.1....../s1/i;;;;;;1D;;. The van der Waals surface area contributed by atoms with Crippen molar-refractivity contribution in [1.82, 2.24) is 89.2 Å². The predicted molar refractivity (Wildman–Crippen MR) is 550 cm³/mol. The van der Waals surface area contributed by atoms with Crippen molar-refractivity contribution in [3.05, 3.63) is 282 Å². The number of carboxylic acid groups (broad SMARTS) is 1. The van der Waals surface area contributed by atoms with Crippen LogP contribution in [0.2, 0.25) is 10.0 Å². The minimum atomic E-state index is -1.47. The lowest BCUT2D eigenvalue weighted by atomic mass is 9.83. The van der Waals surface area contributed by atoms with Crippen LogP contribution in [0.4, 0.5) is 33.5 Å². The number of aliphatic carboxylic acids is 1. The molecule has 4 atom stereocenters. The Morgan fingerprint density at radius 3 is 1.15 bits per heavy atom. The highest BCUT2D eigenvalue weighted by atomic mass is 79.9. The molecule has 8 aromatic carbocycles. The monoisotopic (exact) mass is 2170 g/mol. The molecule has 7 amide bonds. The van der Waals surface area contributed by atoms with Gasteiger partial charge in [0.1, 0.15) is 81.1 Å². The Hall–Kier alpha value is -16.4. The van der Waals surface area contributed by atoms with E-state index >= 15 is 4.39 Å². The van der Waals surface area contributed by atoms with E-state index in [2.05, 4.69) is 92.1 Å². The molecular weight excluding hydrogens is 2070 g/mol. The number of esters is 2. The van der Waals surface area contributed by atoms with Gasteiger partial charge in [0.2, 0.25) is 17.7 Å². The second-order valence-corrected chi connectivity index (χ2v) is 36.0. The molecule has 774 valence electrons. The van der Waals surface area contributed by atoms with Crippen LogP contribution in [0.1, 0.15) is 105 Å². The van der Waals surface area contributed by atoms with E-state index in [4.69, 9.17) is 82.0 Å². The van der Waals surface area contributed by atoms with Gasteiger partial charge in [-0.05, 0) is 137 Å². The summed E-state index contributed by atoms with van der Waals surface area (Å²) >= 11 is 15.7. The van der Waals surface area contributed by atoms with Gasteiger partial charge >= 0.3 is 25.0 Å². The number of fused-ring (bicyclic) bond motifs is 4. The second kappa shape index (κ2) is 51.6. The van der Waals surface area contributed by atoms with E-state index in [0.29, 0.717) is 86.9 Å². The van der Waals surface area contributed by atoms with Gasteiger partial charge in [0, 0.05) is 151 Å². The fourth-order valence-corrected chi connectivity index (χ4v) is 16.1. The number of likely N-dealkylation sites (tertiary alicyclic amines) is 1. The minimum Gasteiger partial charge on any atom is -0.480 e. The molecule has 10 heterocycles. The predicted octanol–water partition coefficient (Wildman–Crippen LogP) is 12.3. The molecule has 2 saturated heterocycles. The van der Waals surface area contributed by atoms with Gasteiger partial charge in [0.25, 0.3) is 23.6 Å². The number of benzene rings is 8. The number of nitrogens with two attached hydrogens (primary N) is 4. The highest BCUT2D eigenvalue weighted by molar-refractivity contribution is 9.10. The summed E-state index contributed by atoms with van der Waals surface area (Å²) in [6.07, 6.45) is 15.4. The number of carbonyl (C=O) groups is 10. The Bertz CT molecular complexity index is 7560. The quantitative estimate of drug-likeness (QED) is 0.0170. The first kappa shape index (κ1) is 113. The first-order valence-corrected chi connectivity index (χ1v) is 45.7. The van der Waals surface area contributed by atoms with Crippen LogP contribution in [0.15, 0.2) is 237 Å². The summed E-state index contributed by atoms with van der Waals surface area (Å²) in [6, 6.07) is 41.9. The highest BCUT2D eigenvalue weighted by Gasteiger charge is 2.41. The van der Waals surface area contributed by atoms with Crippen molar-refractivity contribution in [2.24, 2.45) is 22.9 Å². The number of amides is 7. The molecule has 2 aliphatic heterocycles. The van der Waals surface area contributed by atoms with Crippen molar-refractivity contribution in [2.75, 3.05) is 23.7 Å². The molecule has 0 bridgehead atoms. The molecule has 0 radical (unpaired) electrons. The summed E-state index contributed by atoms with van der Waals surface area (Å²) in [7, 11) is -0.216. The third-order valence-electron chi connectivity index (χ3n) is 21.5. The Kier molecular flexibility index (Phi) is 39.1. The third kappa shape index (κ3) is 29.7. The van der Waals surface area contributed by atoms with E-state index in [1.54, 1.807) is 212 Å². The maximum atomic E-state index is 15.5. The number of nitrogens with one attached hydrogen (secondary N) is 3. The van der Waals surface area contributed by atoms with Crippen molar-refractivity contribution in [3.8, 4) is 55.6 Å². The Labute approximate surface area is 871 Å². The average Bonchev–Trinajstić information content (AvgIpc) is 1.63. The van der Waals surface area contributed by atoms with Crippen LogP contribution in [0.3, 0.4) is 0 Å². The first-order valence-electron chi connectivity index (χ1n) is 45.1. The molecule has 0 saturated carbocycles. The van der Waals surface area contributed by atoms with Crippen LogP contribution in [0.5, 0.6) is 0 Å². The second-order valence-electron chi connectivity index (χ2n) is 34.3. The molecule has 40 nitrogen and oxygen atoms in total. The fourth-order valence-electron chi connectivity index (χ4n) is 15.2. The number of alkyl halides is 2. The zero-order chi connectivity index (χ0) is 108. The minimum absolute atomic E-state index is 0. The van der Waals surface area contributed by atoms with Crippen molar-refractivity contribution in [2.45, 2.75) is 124 Å². The summed E-state index contributed by atoms with van der Waals surface area (Å²) in [4.78, 5) is 153. The number of primary amides is 4. The molecular formula is C99H96BBrCl3F5N24O16. The number of halogens is 9. The molecule has 50 heteroatoms. The number of ether oxygens (including phenoxy) is 2. The number of aromatic nitrogens is 16. The lowest BCUT2D eigenvalue weighted by Crippen LogP contribution is -2.44. The Morgan fingerprint density at radius 1 is 0.470 bits per heavy atom. The van der Waals surface area contributed by atoms with Gasteiger partial charge < -0.3 is 68.4 Å². The third-order valence-corrected chi connectivity index (χ3v) is 22.7. The van der Waals surface area contributed by atoms with Crippen molar-refractivity contribution in [1.29, 1.82) is 0 Å². The molecule has 8 aromatic heterocycles.